The molecule has 26 heavy (non-hydrogen) atoms. The second-order valence-corrected chi connectivity index (χ2v) is 6.26. The Bertz CT molecular complexity index is 742. The third kappa shape index (κ3) is 5.93. The molecule has 0 aliphatic carbocycles. The number of nitrogens with one attached hydrogen (secondary N) is 1. The molecule has 0 saturated heterocycles. The van der Waals surface area contributed by atoms with E-state index in [0.29, 0.717) is 33.7 Å². The molecule has 0 unspecified atom stereocenters. The molecule has 0 bridgehead atoms. The first-order valence-corrected chi connectivity index (χ1v) is 8.90. The summed E-state index contributed by atoms with van der Waals surface area (Å²) in [7, 11) is 0. The van der Waals surface area contributed by atoms with Gasteiger partial charge in [-0.05, 0) is 42.8 Å². The SMILES string of the molecule is CCCCOC(=O)c1ccc(OCC(=O)Nc2c(Cl)cccc2Cl)cc1. The van der Waals surface area contributed by atoms with E-state index in [1.54, 1.807) is 42.5 Å². The third-order valence-corrected chi connectivity index (χ3v) is 4.05. The zero-order valence-corrected chi connectivity index (χ0v) is 15.8. The molecule has 138 valence electrons. The van der Waals surface area contributed by atoms with Gasteiger partial charge in [0, 0.05) is 0 Å². The van der Waals surface area contributed by atoms with Crippen molar-refractivity contribution in [1.29, 1.82) is 0 Å². The van der Waals surface area contributed by atoms with Crippen molar-refractivity contribution in [2.24, 2.45) is 0 Å². The highest BCUT2D eigenvalue weighted by Crippen LogP contribution is 2.29. The predicted octanol–water partition coefficient (Wildman–Crippen LogP) is 4.97. The fraction of sp³-hybridized carbons (Fsp3) is 0.263. The number of rotatable bonds is 8. The van der Waals surface area contributed by atoms with E-state index >= 15 is 0 Å². The van der Waals surface area contributed by atoms with Gasteiger partial charge in [-0.2, -0.15) is 0 Å². The van der Waals surface area contributed by atoms with Crippen LogP contribution >= 0.6 is 23.2 Å². The van der Waals surface area contributed by atoms with Crippen molar-refractivity contribution in [3.63, 3.8) is 0 Å². The average Bonchev–Trinajstić information content (AvgIpc) is 2.64. The van der Waals surface area contributed by atoms with E-state index in [4.69, 9.17) is 32.7 Å². The Labute approximate surface area is 162 Å². The number of anilines is 1. The number of benzene rings is 2. The van der Waals surface area contributed by atoms with Gasteiger partial charge in [-0.15, -0.1) is 0 Å². The Morgan fingerprint density at radius 3 is 2.31 bits per heavy atom. The first kappa shape index (κ1) is 20.1. The van der Waals surface area contributed by atoms with Crippen molar-refractivity contribution in [2.75, 3.05) is 18.5 Å². The highest BCUT2D eigenvalue weighted by molar-refractivity contribution is 6.39. The Morgan fingerprint density at radius 1 is 1.04 bits per heavy atom. The van der Waals surface area contributed by atoms with E-state index in [9.17, 15) is 9.59 Å². The topological polar surface area (TPSA) is 64.6 Å². The Balaban J connectivity index is 1.85. The summed E-state index contributed by atoms with van der Waals surface area (Å²) in [6, 6.07) is 11.3. The maximum absolute atomic E-state index is 12.0. The molecule has 7 heteroatoms. The van der Waals surface area contributed by atoms with Crippen LogP contribution in [0, 0.1) is 0 Å². The molecule has 0 atom stereocenters. The Hall–Kier alpha value is -2.24. The minimum atomic E-state index is -0.400. The first-order valence-electron chi connectivity index (χ1n) is 8.15. The van der Waals surface area contributed by atoms with Crippen LogP contribution in [-0.2, 0) is 9.53 Å². The van der Waals surface area contributed by atoms with Gasteiger partial charge in [-0.3, -0.25) is 4.79 Å². The van der Waals surface area contributed by atoms with Crippen molar-refractivity contribution >= 4 is 40.8 Å². The number of hydrogen-bond donors (Lipinski definition) is 1. The molecule has 2 aromatic carbocycles. The van der Waals surface area contributed by atoms with Crippen molar-refractivity contribution in [3.8, 4) is 5.75 Å². The summed E-state index contributed by atoms with van der Waals surface area (Å²) in [5.41, 5.74) is 0.773. The van der Waals surface area contributed by atoms with Gasteiger partial charge in [0.1, 0.15) is 5.75 Å². The number of amides is 1. The molecule has 2 aromatic rings. The van der Waals surface area contributed by atoms with Gasteiger partial charge >= 0.3 is 5.97 Å². The number of carbonyl (C=O) groups excluding carboxylic acids is 2. The molecule has 0 fully saturated rings. The molecular weight excluding hydrogens is 377 g/mol. The summed E-state index contributed by atoms with van der Waals surface area (Å²) in [6.07, 6.45) is 1.79. The van der Waals surface area contributed by atoms with Crippen LogP contribution in [0.5, 0.6) is 5.75 Å². The maximum atomic E-state index is 12.0. The minimum absolute atomic E-state index is 0.220. The van der Waals surface area contributed by atoms with Gasteiger partial charge in [0.15, 0.2) is 6.61 Å². The predicted molar refractivity (Wildman–Crippen MR) is 102 cm³/mol. The number of ether oxygens (including phenoxy) is 2. The average molecular weight is 396 g/mol. The van der Waals surface area contributed by atoms with Crippen LogP contribution in [0.1, 0.15) is 30.1 Å². The fourth-order valence-corrected chi connectivity index (χ4v) is 2.51. The second kappa shape index (κ2) is 10.0. The number of esters is 1. The van der Waals surface area contributed by atoms with Gasteiger partial charge in [0.25, 0.3) is 5.91 Å². The molecule has 5 nitrogen and oxygen atoms in total. The standard InChI is InChI=1S/C19H19Cl2NO4/c1-2-3-11-25-19(24)13-7-9-14(10-8-13)26-12-17(23)22-18-15(20)5-4-6-16(18)21/h4-10H,2-3,11-12H2,1H3,(H,22,23). The van der Waals surface area contributed by atoms with E-state index in [-0.39, 0.29) is 12.6 Å². The van der Waals surface area contributed by atoms with Crippen LogP contribution < -0.4 is 10.1 Å². The smallest absolute Gasteiger partial charge is 0.338 e. The van der Waals surface area contributed by atoms with E-state index in [1.165, 1.54) is 0 Å². The third-order valence-electron chi connectivity index (χ3n) is 3.42. The monoisotopic (exact) mass is 395 g/mol. The van der Waals surface area contributed by atoms with Crippen LogP contribution in [0.15, 0.2) is 42.5 Å². The Kier molecular flexibility index (Phi) is 7.75. The minimum Gasteiger partial charge on any atom is -0.484 e. The number of halogens is 2. The lowest BCUT2D eigenvalue weighted by Crippen LogP contribution is -2.20. The molecule has 0 aliphatic rings. The molecule has 1 N–H and O–H groups in total. The summed E-state index contributed by atoms with van der Waals surface area (Å²) in [4.78, 5) is 23.8. The van der Waals surface area contributed by atoms with Crippen LogP contribution in [0.25, 0.3) is 0 Å². The molecule has 0 radical (unpaired) electrons. The van der Waals surface area contributed by atoms with Crippen molar-refractivity contribution in [2.45, 2.75) is 19.8 Å². The molecule has 0 heterocycles. The number of para-hydroxylation sites is 1. The van der Waals surface area contributed by atoms with Crippen LogP contribution in [0.4, 0.5) is 5.69 Å². The molecular formula is C19H19Cl2NO4. The lowest BCUT2D eigenvalue weighted by Gasteiger charge is -2.10. The summed E-state index contributed by atoms with van der Waals surface area (Å²) >= 11 is 12.0. The zero-order valence-electron chi connectivity index (χ0n) is 14.3. The second-order valence-electron chi connectivity index (χ2n) is 5.45. The quantitative estimate of drug-likeness (QED) is 0.506. The summed E-state index contributed by atoms with van der Waals surface area (Å²) in [6.45, 7) is 2.20. The highest BCUT2D eigenvalue weighted by Gasteiger charge is 2.11. The number of hydrogen-bond acceptors (Lipinski definition) is 4. The summed E-state index contributed by atoms with van der Waals surface area (Å²) < 4.78 is 10.5. The van der Waals surface area contributed by atoms with E-state index < -0.39 is 5.91 Å². The normalized spacial score (nSPS) is 10.3. The van der Waals surface area contributed by atoms with Crippen molar-refractivity contribution < 1.29 is 19.1 Å². The largest absolute Gasteiger partial charge is 0.484 e. The van der Waals surface area contributed by atoms with Gasteiger partial charge in [-0.25, -0.2) is 4.79 Å². The molecule has 1 amide bonds. The number of unbranched alkanes of at least 4 members (excludes halogenated alkanes) is 1. The van der Waals surface area contributed by atoms with Crippen LogP contribution in [0.2, 0.25) is 10.0 Å². The molecule has 0 aromatic heterocycles. The maximum Gasteiger partial charge on any atom is 0.338 e. The summed E-state index contributed by atoms with van der Waals surface area (Å²) in [5, 5.41) is 3.29. The lowest BCUT2D eigenvalue weighted by atomic mass is 10.2. The lowest BCUT2D eigenvalue weighted by molar-refractivity contribution is -0.118. The molecule has 0 saturated carbocycles. The van der Waals surface area contributed by atoms with E-state index in [0.717, 1.165) is 12.8 Å². The molecule has 2 rings (SSSR count). The van der Waals surface area contributed by atoms with Gasteiger partial charge in [0.05, 0.1) is 27.9 Å². The number of carbonyl (C=O) groups is 2. The van der Waals surface area contributed by atoms with E-state index in [1.807, 2.05) is 6.92 Å². The van der Waals surface area contributed by atoms with Crippen molar-refractivity contribution in [1.82, 2.24) is 0 Å². The summed E-state index contributed by atoms with van der Waals surface area (Å²) in [5.74, 6) is -0.324. The van der Waals surface area contributed by atoms with Crippen LogP contribution in [0.3, 0.4) is 0 Å². The molecule has 0 aliphatic heterocycles. The van der Waals surface area contributed by atoms with Gasteiger partial charge in [-0.1, -0.05) is 42.6 Å². The van der Waals surface area contributed by atoms with Crippen molar-refractivity contribution in [3.05, 3.63) is 58.1 Å². The van der Waals surface area contributed by atoms with E-state index in [2.05, 4.69) is 5.32 Å². The van der Waals surface area contributed by atoms with Gasteiger partial charge < -0.3 is 14.8 Å². The van der Waals surface area contributed by atoms with Gasteiger partial charge in [0.2, 0.25) is 0 Å². The highest BCUT2D eigenvalue weighted by atomic mass is 35.5. The van der Waals surface area contributed by atoms with Crippen LogP contribution in [-0.4, -0.2) is 25.1 Å². The Morgan fingerprint density at radius 2 is 1.69 bits per heavy atom. The molecule has 0 spiro atoms. The first-order chi connectivity index (χ1) is 12.5. The zero-order chi connectivity index (χ0) is 18.9. The fourth-order valence-electron chi connectivity index (χ4n) is 2.02.